The van der Waals surface area contributed by atoms with Crippen molar-refractivity contribution >= 4 is 15.7 Å². The lowest BCUT2D eigenvalue weighted by Crippen LogP contribution is -2.54. The molecular formula is C18H28N2O5S. The summed E-state index contributed by atoms with van der Waals surface area (Å²) in [4.78, 5) is 14.3. The van der Waals surface area contributed by atoms with Crippen LogP contribution >= 0.6 is 0 Å². The Labute approximate surface area is 155 Å². The third-order valence-corrected chi connectivity index (χ3v) is 6.68. The van der Waals surface area contributed by atoms with Gasteiger partial charge < -0.3 is 20.1 Å². The van der Waals surface area contributed by atoms with Crippen LogP contribution in [0.3, 0.4) is 0 Å². The highest BCUT2D eigenvalue weighted by atomic mass is 32.2. The zero-order valence-electron chi connectivity index (χ0n) is 15.8. The van der Waals surface area contributed by atoms with Gasteiger partial charge in [0.15, 0.2) is 21.3 Å². The Morgan fingerprint density at radius 1 is 1.27 bits per heavy atom. The lowest BCUT2D eigenvalue weighted by molar-refractivity contribution is -0.134. The molecule has 7 nitrogen and oxygen atoms in total. The normalized spacial score (nSPS) is 19.9. The minimum atomic E-state index is -3.60. The van der Waals surface area contributed by atoms with Crippen LogP contribution in [0.2, 0.25) is 0 Å². The average molecular weight is 384 g/mol. The summed E-state index contributed by atoms with van der Waals surface area (Å²) in [6.45, 7) is 5.16. The van der Waals surface area contributed by atoms with Crippen LogP contribution in [-0.4, -0.2) is 58.3 Å². The lowest BCUT2D eigenvalue weighted by atomic mass is 9.79. The predicted molar refractivity (Wildman–Crippen MR) is 99.2 cm³/mol. The fourth-order valence-corrected chi connectivity index (χ4v) is 4.34. The number of likely N-dealkylation sites (tertiary alicyclic amines) is 1. The number of hydrogen-bond acceptors (Lipinski definition) is 6. The monoisotopic (exact) mass is 384 g/mol. The summed E-state index contributed by atoms with van der Waals surface area (Å²) in [7, 11) is -0.671. The zero-order chi connectivity index (χ0) is 19.5. The third kappa shape index (κ3) is 4.48. The quantitative estimate of drug-likeness (QED) is 0.797. The van der Waals surface area contributed by atoms with Crippen molar-refractivity contribution in [3.8, 4) is 11.5 Å². The second-order valence-corrected chi connectivity index (χ2v) is 9.39. The molecule has 1 aliphatic rings. The SMILES string of the molecule is COc1ccc(S(=O)(=O)CCC(=O)N2CCC(N)C(C)(C)C2)cc1OC. The first-order valence-corrected chi connectivity index (χ1v) is 10.2. The van der Waals surface area contributed by atoms with E-state index in [1.54, 1.807) is 11.0 Å². The maximum absolute atomic E-state index is 12.6. The number of rotatable bonds is 6. The van der Waals surface area contributed by atoms with Crippen molar-refractivity contribution < 1.29 is 22.7 Å². The number of nitrogens with zero attached hydrogens (tertiary/aromatic N) is 1. The molecule has 0 aromatic heterocycles. The molecule has 2 N–H and O–H groups in total. The molecule has 1 atom stereocenters. The molecule has 0 spiro atoms. The molecule has 1 unspecified atom stereocenters. The van der Waals surface area contributed by atoms with E-state index in [1.165, 1.54) is 26.4 Å². The van der Waals surface area contributed by atoms with Crippen molar-refractivity contribution in [1.82, 2.24) is 4.90 Å². The van der Waals surface area contributed by atoms with Gasteiger partial charge in [-0.25, -0.2) is 8.42 Å². The van der Waals surface area contributed by atoms with E-state index in [2.05, 4.69) is 0 Å². The maximum atomic E-state index is 12.6. The van der Waals surface area contributed by atoms with Crippen LogP contribution < -0.4 is 15.2 Å². The standard InChI is InChI=1S/C18H28N2O5S/c1-18(2)12-20(9-7-16(18)19)17(21)8-10-26(22,23)13-5-6-14(24-3)15(11-13)25-4/h5-6,11,16H,7-10,12,19H2,1-4H3. The van der Waals surface area contributed by atoms with E-state index in [9.17, 15) is 13.2 Å². The molecule has 146 valence electrons. The van der Waals surface area contributed by atoms with Gasteiger partial charge in [-0.05, 0) is 24.0 Å². The number of benzene rings is 1. The molecule has 2 rings (SSSR count). The smallest absolute Gasteiger partial charge is 0.223 e. The van der Waals surface area contributed by atoms with Crippen molar-refractivity contribution in [3.05, 3.63) is 18.2 Å². The van der Waals surface area contributed by atoms with E-state index in [0.717, 1.165) is 6.42 Å². The largest absolute Gasteiger partial charge is 0.493 e. The van der Waals surface area contributed by atoms with Crippen molar-refractivity contribution in [1.29, 1.82) is 0 Å². The number of carbonyl (C=O) groups is 1. The van der Waals surface area contributed by atoms with Crippen LogP contribution in [0.25, 0.3) is 0 Å². The number of hydrogen-bond donors (Lipinski definition) is 1. The molecule has 1 aliphatic heterocycles. The summed E-state index contributed by atoms with van der Waals surface area (Å²) in [5.41, 5.74) is 5.92. The molecule has 26 heavy (non-hydrogen) atoms. The number of piperidine rings is 1. The predicted octanol–water partition coefficient (Wildman–Crippen LogP) is 1.45. The Morgan fingerprint density at radius 3 is 2.50 bits per heavy atom. The number of ether oxygens (including phenoxy) is 2. The van der Waals surface area contributed by atoms with Gasteiger partial charge in [-0.2, -0.15) is 0 Å². The first kappa shape index (κ1) is 20.5. The van der Waals surface area contributed by atoms with Gasteiger partial charge in [0.1, 0.15) is 0 Å². The highest BCUT2D eigenvalue weighted by Crippen LogP contribution is 2.30. The molecule has 0 aliphatic carbocycles. The maximum Gasteiger partial charge on any atom is 0.223 e. The first-order chi connectivity index (χ1) is 12.1. The molecule has 0 saturated carbocycles. The van der Waals surface area contributed by atoms with E-state index in [4.69, 9.17) is 15.2 Å². The third-order valence-electron chi connectivity index (χ3n) is 4.96. The molecule has 1 aromatic rings. The number of methoxy groups -OCH3 is 2. The van der Waals surface area contributed by atoms with Gasteiger partial charge in [-0.1, -0.05) is 13.8 Å². The molecule has 1 saturated heterocycles. The average Bonchev–Trinajstić information content (AvgIpc) is 2.61. The summed E-state index contributed by atoms with van der Waals surface area (Å²) in [5, 5.41) is 0. The second-order valence-electron chi connectivity index (χ2n) is 7.28. The fraction of sp³-hybridized carbons (Fsp3) is 0.611. The summed E-state index contributed by atoms with van der Waals surface area (Å²) in [6.07, 6.45) is 0.670. The summed E-state index contributed by atoms with van der Waals surface area (Å²) >= 11 is 0. The van der Waals surface area contributed by atoms with E-state index < -0.39 is 9.84 Å². The molecule has 1 heterocycles. The first-order valence-electron chi connectivity index (χ1n) is 8.59. The van der Waals surface area contributed by atoms with Crippen molar-refractivity contribution in [3.63, 3.8) is 0 Å². The van der Waals surface area contributed by atoms with E-state index in [-0.39, 0.29) is 34.4 Å². The number of sulfone groups is 1. The van der Waals surface area contributed by atoms with Crippen LogP contribution in [0, 0.1) is 5.41 Å². The van der Waals surface area contributed by atoms with Gasteiger partial charge >= 0.3 is 0 Å². The van der Waals surface area contributed by atoms with Crippen LogP contribution in [0.1, 0.15) is 26.7 Å². The van der Waals surface area contributed by atoms with E-state index >= 15 is 0 Å². The van der Waals surface area contributed by atoms with E-state index in [0.29, 0.717) is 24.6 Å². The van der Waals surface area contributed by atoms with Gasteiger partial charge in [-0.3, -0.25) is 4.79 Å². The Kier molecular flexibility index (Phi) is 6.18. The summed E-state index contributed by atoms with van der Waals surface area (Å²) in [6, 6.07) is 4.47. The highest BCUT2D eigenvalue weighted by Gasteiger charge is 2.35. The fourth-order valence-electron chi connectivity index (χ4n) is 3.09. The van der Waals surface area contributed by atoms with Crippen LogP contribution in [0.15, 0.2) is 23.1 Å². The van der Waals surface area contributed by atoms with Crippen LogP contribution in [0.4, 0.5) is 0 Å². The molecular weight excluding hydrogens is 356 g/mol. The topological polar surface area (TPSA) is 98.9 Å². The van der Waals surface area contributed by atoms with Crippen LogP contribution in [-0.2, 0) is 14.6 Å². The molecule has 0 radical (unpaired) electrons. The summed E-state index contributed by atoms with van der Waals surface area (Å²) in [5.74, 6) is 0.389. The Morgan fingerprint density at radius 2 is 1.92 bits per heavy atom. The molecule has 1 amide bonds. The van der Waals surface area contributed by atoms with E-state index in [1.807, 2.05) is 13.8 Å². The van der Waals surface area contributed by atoms with Gasteiger partial charge in [0, 0.05) is 31.6 Å². The molecule has 0 bridgehead atoms. The Bertz CT molecular complexity index is 761. The van der Waals surface area contributed by atoms with Crippen molar-refractivity contribution in [2.75, 3.05) is 33.1 Å². The van der Waals surface area contributed by atoms with Gasteiger partial charge in [0.25, 0.3) is 0 Å². The van der Waals surface area contributed by atoms with Gasteiger partial charge in [-0.15, -0.1) is 0 Å². The highest BCUT2D eigenvalue weighted by molar-refractivity contribution is 7.91. The van der Waals surface area contributed by atoms with Crippen LogP contribution in [0.5, 0.6) is 11.5 Å². The van der Waals surface area contributed by atoms with Gasteiger partial charge in [0.05, 0.1) is 24.9 Å². The zero-order valence-corrected chi connectivity index (χ0v) is 16.6. The second kappa shape index (κ2) is 7.84. The number of carbonyl (C=O) groups excluding carboxylic acids is 1. The van der Waals surface area contributed by atoms with Crippen molar-refractivity contribution in [2.45, 2.75) is 37.6 Å². The minimum Gasteiger partial charge on any atom is -0.493 e. The van der Waals surface area contributed by atoms with Gasteiger partial charge in [0.2, 0.25) is 5.91 Å². The molecule has 8 heteroatoms. The van der Waals surface area contributed by atoms with Crippen molar-refractivity contribution in [2.24, 2.45) is 11.1 Å². The Hall–Kier alpha value is -1.80. The Balaban J connectivity index is 2.05. The molecule has 1 fully saturated rings. The number of nitrogens with two attached hydrogens (primary N) is 1. The summed E-state index contributed by atoms with van der Waals surface area (Å²) < 4.78 is 35.4. The minimum absolute atomic E-state index is 0.0436. The number of amides is 1. The lowest BCUT2D eigenvalue weighted by Gasteiger charge is -2.42. The molecule has 1 aromatic carbocycles.